The molecule has 0 atom stereocenters. The number of halogens is 1. The lowest BCUT2D eigenvalue weighted by Crippen LogP contribution is -2.17. The topological polar surface area (TPSA) is 72.0 Å². The smallest absolute Gasteiger partial charge is 0.282 e. The fourth-order valence-electron chi connectivity index (χ4n) is 0.959. The number of carbonyl (C=O) groups excluding carboxylic acids is 2. The van der Waals surface area contributed by atoms with Crippen LogP contribution < -0.4 is 5.32 Å². The number of nitrogens with zero attached hydrogens (tertiary/aromatic N) is 2. The molecule has 0 unspecified atom stereocenters. The average molecular weight is 242 g/mol. The minimum atomic E-state index is -0.437. The Labute approximate surface area is 93.9 Å². The highest BCUT2D eigenvalue weighted by atomic mass is 35.5. The quantitative estimate of drug-likeness (QED) is 0.595. The number of nitrogens with one attached hydrogen (secondary N) is 1. The van der Waals surface area contributed by atoms with Crippen LogP contribution in [-0.2, 0) is 4.79 Å². The van der Waals surface area contributed by atoms with Crippen LogP contribution in [0.25, 0.3) is 6.08 Å². The number of hydrogen-bond acceptors (Lipinski definition) is 5. The second-order valence-electron chi connectivity index (χ2n) is 2.59. The molecule has 0 aliphatic carbocycles. The molecule has 0 spiro atoms. The predicted molar refractivity (Wildman–Crippen MR) is 56.1 cm³/mol. The van der Waals surface area contributed by atoms with Gasteiger partial charge in [0.25, 0.3) is 11.1 Å². The van der Waals surface area contributed by atoms with Crippen LogP contribution >= 0.6 is 23.4 Å². The van der Waals surface area contributed by atoms with E-state index in [0.717, 1.165) is 11.8 Å². The van der Waals surface area contributed by atoms with Crippen LogP contribution in [0.4, 0.5) is 4.79 Å². The van der Waals surface area contributed by atoms with Gasteiger partial charge in [0.05, 0.1) is 4.91 Å². The van der Waals surface area contributed by atoms with E-state index in [1.807, 2.05) is 0 Å². The van der Waals surface area contributed by atoms with Crippen LogP contribution in [0.15, 0.2) is 17.2 Å². The van der Waals surface area contributed by atoms with E-state index in [1.54, 1.807) is 0 Å². The van der Waals surface area contributed by atoms with Gasteiger partial charge in [-0.25, -0.2) is 9.97 Å². The largest absolute Gasteiger partial charge is 0.290 e. The highest BCUT2D eigenvalue weighted by Gasteiger charge is 2.25. The molecule has 0 bridgehead atoms. The highest BCUT2D eigenvalue weighted by molar-refractivity contribution is 8.18. The highest BCUT2D eigenvalue weighted by Crippen LogP contribution is 2.24. The Hall–Kier alpha value is -1.40. The number of hydrogen-bond donors (Lipinski definition) is 1. The zero-order valence-electron chi connectivity index (χ0n) is 7.23. The van der Waals surface area contributed by atoms with E-state index in [-0.39, 0.29) is 10.1 Å². The molecule has 0 radical (unpaired) electrons. The molecule has 1 aliphatic heterocycles. The van der Waals surface area contributed by atoms with Gasteiger partial charge in [0.1, 0.15) is 5.15 Å². The summed E-state index contributed by atoms with van der Waals surface area (Å²) in [6.07, 6.45) is 2.89. The minimum Gasteiger partial charge on any atom is -0.282 e. The fourth-order valence-corrected chi connectivity index (χ4v) is 1.75. The van der Waals surface area contributed by atoms with E-state index in [9.17, 15) is 9.59 Å². The number of thioether (sulfide) groups is 1. The van der Waals surface area contributed by atoms with Gasteiger partial charge in [-0.05, 0) is 17.8 Å². The van der Waals surface area contributed by atoms with Crippen molar-refractivity contribution < 1.29 is 9.59 Å². The summed E-state index contributed by atoms with van der Waals surface area (Å²) in [6.45, 7) is 0. The molecule has 15 heavy (non-hydrogen) atoms. The Morgan fingerprint density at radius 2 is 2.27 bits per heavy atom. The number of aromatic nitrogens is 2. The van der Waals surface area contributed by atoms with Crippen molar-refractivity contribution in [2.75, 3.05) is 0 Å². The van der Waals surface area contributed by atoms with Gasteiger partial charge in [0, 0.05) is 12.3 Å². The Morgan fingerprint density at radius 1 is 1.47 bits per heavy atom. The Balaban J connectivity index is 2.31. The maximum absolute atomic E-state index is 11.2. The second-order valence-corrected chi connectivity index (χ2v) is 3.99. The molecule has 2 amide bonds. The van der Waals surface area contributed by atoms with Crippen molar-refractivity contribution in [3.05, 3.63) is 28.1 Å². The lowest BCUT2D eigenvalue weighted by molar-refractivity contribution is -0.115. The SMILES string of the molecule is O=C1NC(=O)/C(=C/c2nccc(Cl)n2)S1. The summed E-state index contributed by atoms with van der Waals surface area (Å²) in [5, 5.41) is 2.02. The van der Waals surface area contributed by atoms with Crippen molar-refractivity contribution in [2.24, 2.45) is 0 Å². The molecule has 0 aromatic carbocycles. The normalized spacial score (nSPS) is 18.3. The second kappa shape index (κ2) is 4.00. The monoisotopic (exact) mass is 241 g/mol. The third-order valence-corrected chi connectivity index (χ3v) is 2.56. The van der Waals surface area contributed by atoms with Crippen LogP contribution in [0.5, 0.6) is 0 Å². The molecule has 2 heterocycles. The molecule has 2 rings (SSSR count). The van der Waals surface area contributed by atoms with Gasteiger partial charge in [0.2, 0.25) is 0 Å². The van der Waals surface area contributed by atoms with E-state index in [2.05, 4.69) is 15.3 Å². The molecule has 1 aliphatic rings. The number of rotatable bonds is 1. The molecule has 1 saturated heterocycles. The predicted octanol–water partition coefficient (Wildman–Crippen LogP) is 1.45. The number of carbonyl (C=O) groups is 2. The summed E-state index contributed by atoms with van der Waals surface area (Å²) in [7, 11) is 0. The summed E-state index contributed by atoms with van der Waals surface area (Å²) in [5.74, 6) is -0.136. The third-order valence-electron chi connectivity index (χ3n) is 1.54. The molecule has 0 saturated carbocycles. The van der Waals surface area contributed by atoms with Crippen molar-refractivity contribution in [1.82, 2.24) is 15.3 Å². The maximum atomic E-state index is 11.2. The van der Waals surface area contributed by atoms with Crippen LogP contribution in [0.1, 0.15) is 5.82 Å². The lowest BCUT2D eigenvalue weighted by Gasteiger charge is -1.93. The zero-order valence-corrected chi connectivity index (χ0v) is 8.80. The average Bonchev–Trinajstić information content (AvgIpc) is 2.45. The number of imide groups is 1. The molecule has 1 N–H and O–H groups in total. The molecular weight excluding hydrogens is 238 g/mol. The van der Waals surface area contributed by atoms with Crippen molar-refractivity contribution in [1.29, 1.82) is 0 Å². The van der Waals surface area contributed by atoms with E-state index in [4.69, 9.17) is 11.6 Å². The van der Waals surface area contributed by atoms with Crippen LogP contribution in [0.3, 0.4) is 0 Å². The first-order valence-corrected chi connectivity index (χ1v) is 5.08. The van der Waals surface area contributed by atoms with E-state index in [0.29, 0.717) is 5.82 Å². The van der Waals surface area contributed by atoms with E-state index in [1.165, 1.54) is 18.3 Å². The number of amides is 2. The van der Waals surface area contributed by atoms with Crippen molar-refractivity contribution >= 4 is 40.6 Å². The van der Waals surface area contributed by atoms with Crippen molar-refractivity contribution in [3.63, 3.8) is 0 Å². The summed E-state index contributed by atoms with van der Waals surface area (Å²) >= 11 is 6.45. The van der Waals surface area contributed by atoms with Crippen LogP contribution in [0.2, 0.25) is 5.15 Å². The van der Waals surface area contributed by atoms with E-state index < -0.39 is 11.1 Å². The molecule has 1 aromatic rings. The van der Waals surface area contributed by atoms with Gasteiger partial charge in [-0.3, -0.25) is 14.9 Å². The zero-order chi connectivity index (χ0) is 10.8. The third kappa shape index (κ3) is 2.34. The Kier molecular flexibility index (Phi) is 2.70. The summed E-state index contributed by atoms with van der Waals surface area (Å²) in [6, 6.07) is 1.52. The van der Waals surface area contributed by atoms with Gasteiger partial charge >= 0.3 is 0 Å². The van der Waals surface area contributed by atoms with Gasteiger partial charge in [-0.2, -0.15) is 0 Å². The molecule has 5 nitrogen and oxygen atoms in total. The van der Waals surface area contributed by atoms with Crippen LogP contribution in [-0.4, -0.2) is 21.1 Å². The fraction of sp³-hybridized carbons (Fsp3) is 0. The van der Waals surface area contributed by atoms with Crippen molar-refractivity contribution in [3.8, 4) is 0 Å². The standard InChI is InChI=1S/C8H4ClN3O2S/c9-5-1-2-10-6(11-5)3-4-7(13)12-8(14)15-4/h1-3H,(H,12,13,14)/b4-3-. The van der Waals surface area contributed by atoms with E-state index >= 15 is 0 Å². The van der Waals surface area contributed by atoms with Gasteiger partial charge in [-0.1, -0.05) is 11.6 Å². The first-order valence-electron chi connectivity index (χ1n) is 3.88. The molecule has 1 fully saturated rings. The molecular formula is C8H4ClN3O2S. The molecule has 76 valence electrons. The lowest BCUT2D eigenvalue weighted by atomic mass is 10.4. The molecule has 7 heteroatoms. The Morgan fingerprint density at radius 3 is 2.87 bits per heavy atom. The maximum Gasteiger partial charge on any atom is 0.290 e. The van der Waals surface area contributed by atoms with Gasteiger partial charge in [0.15, 0.2) is 5.82 Å². The molecule has 1 aromatic heterocycles. The minimum absolute atomic E-state index is 0.266. The summed E-state index contributed by atoms with van der Waals surface area (Å²) in [5.41, 5.74) is 0. The first kappa shape index (κ1) is 10.1. The Bertz CT molecular complexity index is 475. The van der Waals surface area contributed by atoms with Crippen molar-refractivity contribution in [2.45, 2.75) is 0 Å². The van der Waals surface area contributed by atoms with Gasteiger partial charge in [-0.15, -0.1) is 0 Å². The van der Waals surface area contributed by atoms with Gasteiger partial charge < -0.3 is 0 Å². The van der Waals surface area contributed by atoms with Crippen LogP contribution in [0, 0.1) is 0 Å². The summed E-state index contributed by atoms with van der Waals surface area (Å²) < 4.78 is 0. The first-order chi connectivity index (χ1) is 7.15. The summed E-state index contributed by atoms with van der Waals surface area (Å²) in [4.78, 5) is 30.0.